The number of nitrogens with zero attached hydrogens (tertiary/aromatic N) is 2. The summed E-state index contributed by atoms with van der Waals surface area (Å²) in [6.07, 6.45) is 0. The van der Waals surface area contributed by atoms with Crippen LogP contribution >= 0.6 is 0 Å². The first-order chi connectivity index (χ1) is 32.3. The number of anilines is 3. The van der Waals surface area contributed by atoms with Crippen LogP contribution in [0.5, 0.6) is 0 Å². The second kappa shape index (κ2) is 14.3. The summed E-state index contributed by atoms with van der Waals surface area (Å²) in [5.41, 5.74) is 22.4. The number of hydrogen-bond acceptors (Lipinski definition) is 1. The molecule has 0 fully saturated rings. The molecular weight excluding hydrogens is 797 g/mol. The average molecular weight is 845 g/mol. The number of rotatable bonds is 6. The Morgan fingerprint density at radius 2 is 0.879 bits per heavy atom. The monoisotopic (exact) mass is 844 g/mol. The normalized spacial score (nSPS) is 14.0. The highest BCUT2D eigenvalue weighted by Gasteiger charge is 2.37. The molecule has 0 N–H and O–H groups in total. The molecule has 11 aromatic rings. The lowest BCUT2D eigenvalue weighted by Crippen LogP contribution is -2.15. The highest BCUT2D eigenvalue weighted by Crippen LogP contribution is 2.53. The van der Waals surface area contributed by atoms with E-state index in [0.717, 1.165) is 17.1 Å². The zero-order valence-electron chi connectivity index (χ0n) is 37.7. The third-order valence-electron chi connectivity index (χ3n) is 15.0. The Morgan fingerprint density at radius 3 is 1.67 bits per heavy atom. The van der Waals surface area contributed by atoms with E-state index in [1.165, 1.54) is 105 Å². The van der Waals surface area contributed by atoms with Crippen molar-refractivity contribution in [2.24, 2.45) is 0 Å². The first-order valence-electron chi connectivity index (χ1n) is 23.3. The Hall–Kier alpha value is -7.94. The predicted octanol–water partition coefficient (Wildman–Crippen LogP) is 17.4. The van der Waals surface area contributed by atoms with Crippen molar-refractivity contribution in [1.29, 1.82) is 0 Å². The van der Waals surface area contributed by atoms with Gasteiger partial charge in [-0.2, -0.15) is 0 Å². The van der Waals surface area contributed by atoms with E-state index < -0.39 is 0 Å². The van der Waals surface area contributed by atoms with Gasteiger partial charge < -0.3 is 9.47 Å². The van der Waals surface area contributed by atoms with Gasteiger partial charge in [0.1, 0.15) is 0 Å². The summed E-state index contributed by atoms with van der Waals surface area (Å²) in [6, 6.07) is 81.4. The molecular formula is C64H48N2. The number of hydrogen-bond donors (Lipinski definition) is 0. The van der Waals surface area contributed by atoms with Gasteiger partial charge in [-0.1, -0.05) is 191 Å². The van der Waals surface area contributed by atoms with Gasteiger partial charge in [0, 0.05) is 43.9 Å². The Kier molecular flexibility index (Phi) is 8.33. The Morgan fingerprint density at radius 1 is 0.333 bits per heavy atom. The fourth-order valence-corrected chi connectivity index (χ4v) is 11.7. The summed E-state index contributed by atoms with van der Waals surface area (Å²) in [4.78, 5) is 2.49. The molecule has 0 spiro atoms. The molecule has 13 rings (SSSR count). The van der Waals surface area contributed by atoms with Crippen LogP contribution in [0.15, 0.2) is 218 Å². The van der Waals surface area contributed by atoms with Crippen molar-refractivity contribution < 1.29 is 0 Å². The summed E-state index contributed by atoms with van der Waals surface area (Å²) in [5, 5.41) is 4.94. The molecule has 66 heavy (non-hydrogen) atoms. The number of para-hydroxylation sites is 2. The SMILES string of the molecule is CC1(C)c2ccccc2-c2cc(N(c3ccccc3-c3cccc(-c4ccc5c6ccccc6n(-c6ccc7c(c6)-c6ccccc6C7(C)C)c5c4)c3)c3cccc4ccccc34)ccc21. The fraction of sp³-hybridized carbons (Fsp3) is 0.0938. The molecule has 0 atom stereocenters. The Labute approximate surface area is 386 Å². The van der Waals surface area contributed by atoms with Crippen LogP contribution in [0, 0.1) is 0 Å². The number of aromatic nitrogens is 1. The summed E-state index contributed by atoms with van der Waals surface area (Å²) in [5.74, 6) is 0. The summed E-state index contributed by atoms with van der Waals surface area (Å²) in [6.45, 7) is 9.41. The standard InChI is InChI=1S/C64H48N2/c1-63(2)55-26-11-7-23-49(55)53-39-45(32-35-57(53)63)65(60-30-16-18-41-17-5-6-21-47(41)60)59-28-13-9-22-48(59)44-20-15-19-42(37-44)43-31-34-52-51-25-10-14-29-61(51)66(62(52)38-43)46-33-36-58-54(40-46)50-24-8-12-27-56(50)64(58,3)4/h5-40H,1-4H3. The highest BCUT2D eigenvalue weighted by atomic mass is 15.1. The van der Waals surface area contributed by atoms with E-state index in [0.29, 0.717) is 0 Å². The van der Waals surface area contributed by atoms with E-state index in [9.17, 15) is 0 Å². The van der Waals surface area contributed by atoms with Gasteiger partial charge in [-0.15, -0.1) is 0 Å². The van der Waals surface area contributed by atoms with Crippen molar-refractivity contribution in [3.8, 4) is 50.2 Å². The Balaban J connectivity index is 0.965. The smallest absolute Gasteiger partial charge is 0.0547 e. The molecule has 314 valence electrons. The van der Waals surface area contributed by atoms with E-state index in [2.05, 4.69) is 256 Å². The van der Waals surface area contributed by atoms with Gasteiger partial charge in [0.2, 0.25) is 0 Å². The van der Waals surface area contributed by atoms with Gasteiger partial charge in [0.25, 0.3) is 0 Å². The van der Waals surface area contributed by atoms with Gasteiger partial charge in [-0.3, -0.25) is 0 Å². The topological polar surface area (TPSA) is 8.17 Å². The van der Waals surface area contributed by atoms with Gasteiger partial charge in [-0.25, -0.2) is 0 Å². The lowest BCUT2D eigenvalue weighted by Gasteiger charge is -2.30. The molecule has 0 saturated heterocycles. The molecule has 2 aliphatic carbocycles. The molecule has 10 aromatic carbocycles. The first kappa shape index (κ1) is 38.5. The molecule has 0 radical (unpaired) electrons. The van der Waals surface area contributed by atoms with Crippen molar-refractivity contribution in [2.45, 2.75) is 38.5 Å². The molecule has 0 unspecified atom stereocenters. The molecule has 1 aromatic heterocycles. The molecule has 0 aliphatic heterocycles. The largest absolute Gasteiger partial charge is 0.309 e. The number of fused-ring (bicyclic) bond motifs is 10. The molecule has 2 heteroatoms. The molecule has 0 saturated carbocycles. The zero-order chi connectivity index (χ0) is 44.3. The van der Waals surface area contributed by atoms with Crippen LogP contribution in [-0.2, 0) is 10.8 Å². The van der Waals surface area contributed by atoms with Crippen LogP contribution < -0.4 is 4.90 Å². The summed E-state index contributed by atoms with van der Waals surface area (Å²) >= 11 is 0. The minimum absolute atomic E-state index is 0.0431. The van der Waals surface area contributed by atoms with Gasteiger partial charge in [0.15, 0.2) is 0 Å². The van der Waals surface area contributed by atoms with Gasteiger partial charge >= 0.3 is 0 Å². The summed E-state index contributed by atoms with van der Waals surface area (Å²) < 4.78 is 2.47. The number of benzene rings is 10. The zero-order valence-corrected chi connectivity index (χ0v) is 37.7. The van der Waals surface area contributed by atoms with Crippen molar-refractivity contribution in [3.05, 3.63) is 241 Å². The lowest BCUT2D eigenvalue weighted by molar-refractivity contribution is 0.660. The molecule has 2 aliphatic rings. The predicted molar refractivity (Wildman–Crippen MR) is 279 cm³/mol. The van der Waals surface area contributed by atoms with E-state index in [-0.39, 0.29) is 10.8 Å². The Bertz CT molecular complexity index is 3780. The van der Waals surface area contributed by atoms with Gasteiger partial charge in [-0.05, 0) is 121 Å². The van der Waals surface area contributed by atoms with Crippen molar-refractivity contribution in [3.63, 3.8) is 0 Å². The van der Waals surface area contributed by atoms with Crippen LogP contribution in [-0.4, -0.2) is 4.57 Å². The third-order valence-corrected chi connectivity index (χ3v) is 15.0. The van der Waals surface area contributed by atoms with Crippen molar-refractivity contribution in [1.82, 2.24) is 4.57 Å². The maximum absolute atomic E-state index is 2.49. The lowest BCUT2D eigenvalue weighted by atomic mass is 9.82. The summed E-state index contributed by atoms with van der Waals surface area (Å²) in [7, 11) is 0. The minimum atomic E-state index is -0.0744. The second-order valence-corrected chi connectivity index (χ2v) is 19.3. The maximum atomic E-state index is 2.49. The third kappa shape index (κ3) is 5.61. The molecule has 2 nitrogen and oxygen atoms in total. The van der Waals surface area contributed by atoms with Crippen molar-refractivity contribution in [2.75, 3.05) is 4.90 Å². The maximum Gasteiger partial charge on any atom is 0.0547 e. The second-order valence-electron chi connectivity index (χ2n) is 19.3. The molecule has 1 heterocycles. The molecule has 0 amide bonds. The van der Waals surface area contributed by atoms with E-state index >= 15 is 0 Å². The highest BCUT2D eigenvalue weighted by molar-refractivity contribution is 6.10. The van der Waals surface area contributed by atoms with Crippen LogP contribution in [0.1, 0.15) is 49.9 Å². The van der Waals surface area contributed by atoms with Crippen LogP contribution in [0.3, 0.4) is 0 Å². The van der Waals surface area contributed by atoms with Gasteiger partial charge in [0.05, 0.1) is 22.4 Å². The molecule has 0 bridgehead atoms. The van der Waals surface area contributed by atoms with Crippen LogP contribution in [0.2, 0.25) is 0 Å². The van der Waals surface area contributed by atoms with Crippen LogP contribution in [0.4, 0.5) is 17.1 Å². The minimum Gasteiger partial charge on any atom is -0.309 e. The van der Waals surface area contributed by atoms with E-state index in [1.54, 1.807) is 0 Å². The average Bonchev–Trinajstić information content (AvgIpc) is 3.90. The first-order valence-corrected chi connectivity index (χ1v) is 23.3. The van der Waals surface area contributed by atoms with Crippen LogP contribution in [0.25, 0.3) is 82.8 Å². The van der Waals surface area contributed by atoms with Crippen molar-refractivity contribution >= 4 is 49.6 Å². The van der Waals surface area contributed by atoms with E-state index in [1.807, 2.05) is 0 Å². The van der Waals surface area contributed by atoms with E-state index in [4.69, 9.17) is 0 Å². The fourth-order valence-electron chi connectivity index (χ4n) is 11.7. The quantitative estimate of drug-likeness (QED) is 0.162.